The zero-order valence-electron chi connectivity index (χ0n) is 11.7. The van der Waals surface area contributed by atoms with Gasteiger partial charge >= 0.3 is 0 Å². The third kappa shape index (κ3) is 6.46. The van der Waals surface area contributed by atoms with E-state index >= 15 is 0 Å². The Morgan fingerprint density at radius 1 is 0.938 bits per heavy atom. The van der Waals surface area contributed by atoms with Gasteiger partial charge in [-0.25, -0.2) is 0 Å². The summed E-state index contributed by atoms with van der Waals surface area (Å²) in [5.41, 5.74) is 0. The van der Waals surface area contributed by atoms with Crippen molar-refractivity contribution < 1.29 is 9.47 Å². The van der Waals surface area contributed by atoms with E-state index < -0.39 is 0 Å². The topological polar surface area (TPSA) is 21.7 Å². The molecule has 0 atom stereocenters. The molecule has 0 N–H and O–H groups in total. The summed E-state index contributed by atoms with van der Waals surface area (Å²) >= 11 is 0. The number of hydrogen-bond donors (Lipinski definition) is 0. The van der Waals surface area contributed by atoms with E-state index in [0.717, 1.165) is 26.2 Å². The van der Waals surface area contributed by atoms with Crippen LogP contribution in [0.2, 0.25) is 0 Å². The molecular weight excluding hydrogens is 202 g/mol. The molecule has 0 unspecified atom stereocenters. The molecule has 3 heteroatoms. The summed E-state index contributed by atoms with van der Waals surface area (Å²) in [4.78, 5) is 2.41. The van der Waals surface area contributed by atoms with Crippen molar-refractivity contribution >= 4 is 0 Å². The molecule has 98 valence electrons. The number of nitrogens with zero attached hydrogens (tertiary/aromatic N) is 1. The Labute approximate surface area is 101 Å². The molecule has 0 aliphatic carbocycles. The van der Waals surface area contributed by atoms with Gasteiger partial charge < -0.3 is 14.4 Å². The lowest BCUT2D eigenvalue weighted by Crippen LogP contribution is -2.34. The second-order valence-corrected chi connectivity index (χ2v) is 4.08. The van der Waals surface area contributed by atoms with Gasteiger partial charge in [0.1, 0.15) is 0 Å². The van der Waals surface area contributed by atoms with E-state index in [4.69, 9.17) is 9.47 Å². The highest BCUT2D eigenvalue weighted by atomic mass is 16.7. The molecule has 0 aromatic heterocycles. The predicted octanol–water partition coefficient (Wildman–Crippen LogP) is 2.90. The number of hydrogen-bond acceptors (Lipinski definition) is 3. The van der Waals surface area contributed by atoms with E-state index in [-0.39, 0.29) is 6.29 Å². The zero-order chi connectivity index (χ0) is 12.4. The molecule has 0 rings (SSSR count). The Morgan fingerprint density at radius 3 is 1.81 bits per heavy atom. The average molecular weight is 231 g/mol. The fourth-order valence-corrected chi connectivity index (χ4v) is 1.99. The molecule has 0 radical (unpaired) electrons. The van der Waals surface area contributed by atoms with Crippen molar-refractivity contribution in [1.82, 2.24) is 4.90 Å². The second kappa shape index (κ2) is 10.1. The lowest BCUT2D eigenvalue weighted by atomic mass is 10.1. The van der Waals surface area contributed by atoms with Crippen LogP contribution in [0.4, 0.5) is 0 Å². The maximum atomic E-state index is 5.53. The highest BCUT2D eigenvalue weighted by molar-refractivity contribution is 4.65. The van der Waals surface area contributed by atoms with Gasteiger partial charge in [0.05, 0.1) is 0 Å². The van der Waals surface area contributed by atoms with E-state index in [9.17, 15) is 0 Å². The molecule has 16 heavy (non-hydrogen) atoms. The van der Waals surface area contributed by atoms with Gasteiger partial charge in [0.25, 0.3) is 0 Å². The summed E-state index contributed by atoms with van der Waals surface area (Å²) in [6, 6.07) is 0.684. The van der Waals surface area contributed by atoms with Gasteiger partial charge in [0, 0.05) is 32.2 Å². The first-order valence-electron chi connectivity index (χ1n) is 6.62. The van der Waals surface area contributed by atoms with Crippen LogP contribution in [0.1, 0.15) is 47.0 Å². The molecule has 0 bridgehead atoms. The van der Waals surface area contributed by atoms with Crippen LogP contribution in [0.25, 0.3) is 0 Å². The van der Waals surface area contributed by atoms with Crippen LogP contribution in [0, 0.1) is 0 Å². The highest BCUT2D eigenvalue weighted by Crippen LogP contribution is 2.09. The molecule has 0 saturated heterocycles. The standard InChI is InChI=1S/C13H29NO2/c1-6-12(7-2)14(5)11-10-13(15-8-3)16-9-4/h12-13H,6-11H2,1-5H3. The van der Waals surface area contributed by atoms with Gasteiger partial charge in [-0.2, -0.15) is 0 Å². The van der Waals surface area contributed by atoms with Crippen LogP contribution >= 0.6 is 0 Å². The van der Waals surface area contributed by atoms with E-state index in [1.807, 2.05) is 13.8 Å². The molecule has 0 aliphatic rings. The van der Waals surface area contributed by atoms with E-state index in [1.54, 1.807) is 0 Å². The van der Waals surface area contributed by atoms with Crippen LogP contribution in [0.5, 0.6) is 0 Å². The van der Waals surface area contributed by atoms with Crippen LogP contribution in [0.15, 0.2) is 0 Å². The maximum Gasteiger partial charge on any atom is 0.158 e. The van der Waals surface area contributed by atoms with Crippen molar-refractivity contribution in [3.05, 3.63) is 0 Å². The van der Waals surface area contributed by atoms with Crippen LogP contribution in [-0.2, 0) is 9.47 Å². The molecule has 3 nitrogen and oxygen atoms in total. The van der Waals surface area contributed by atoms with Gasteiger partial charge in [0.15, 0.2) is 6.29 Å². The number of rotatable bonds is 10. The van der Waals surface area contributed by atoms with Crippen molar-refractivity contribution in [3.63, 3.8) is 0 Å². The molecule has 0 amide bonds. The molecule has 0 saturated carbocycles. The Hall–Kier alpha value is -0.120. The summed E-state index contributed by atoms with van der Waals surface area (Å²) in [5.74, 6) is 0. The molecule has 0 spiro atoms. The summed E-state index contributed by atoms with van der Waals surface area (Å²) < 4.78 is 11.1. The van der Waals surface area contributed by atoms with Crippen LogP contribution in [0.3, 0.4) is 0 Å². The fourth-order valence-electron chi connectivity index (χ4n) is 1.99. The molecule has 0 fully saturated rings. The fraction of sp³-hybridized carbons (Fsp3) is 1.00. The molecule has 0 aromatic carbocycles. The third-order valence-electron chi connectivity index (χ3n) is 2.99. The van der Waals surface area contributed by atoms with Gasteiger partial charge in [-0.15, -0.1) is 0 Å². The van der Waals surface area contributed by atoms with Gasteiger partial charge in [-0.05, 0) is 33.7 Å². The molecule has 0 aliphatic heterocycles. The maximum absolute atomic E-state index is 5.53. The van der Waals surface area contributed by atoms with E-state index in [0.29, 0.717) is 6.04 Å². The summed E-state index contributed by atoms with van der Waals surface area (Å²) in [6.45, 7) is 11.0. The normalized spacial score (nSPS) is 12.0. The Bertz CT molecular complexity index is 141. The van der Waals surface area contributed by atoms with E-state index in [1.165, 1.54) is 12.8 Å². The first kappa shape index (κ1) is 15.9. The van der Waals surface area contributed by atoms with Crippen molar-refractivity contribution in [2.75, 3.05) is 26.8 Å². The lowest BCUT2D eigenvalue weighted by Gasteiger charge is -2.27. The predicted molar refractivity (Wildman–Crippen MR) is 68.7 cm³/mol. The largest absolute Gasteiger partial charge is 0.353 e. The minimum Gasteiger partial charge on any atom is -0.353 e. The van der Waals surface area contributed by atoms with Crippen molar-refractivity contribution in [1.29, 1.82) is 0 Å². The highest BCUT2D eigenvalue weighted by Gasteiger charge is 2.13. The van der Waals surface area contributed by atoms with Crippen LogP contribution in [-0.4, -0.2) is 44.0 Å². The molecular formula is C13H29NO2. The van der Waals surface area contributed by atoms with Crippen molar-refractivity contribution in [2.45, 2.75) is 59.3 Å². The summed E-state index contributed by atoms with van der Waals surface area (Å²) in [5, 5.41) is 0. The monoisotopic (exact) mass is 231 g/mol. The number of ether oxygens (including phenoxy) is 2. The average Bonchev–Trinajstić information content (AvgIpc) is 2.28. The summed E-state index contributed by atoms with van der Waals surface area (Å²) in [7, 11) is 2.19. The Morgan fingerprint density at radius 2 is 1.44 bits per heavy atom. The quantitative estimate of drug-likeness (QED) is 0.540. The summed E-state index contributed by atoms with van der Waals surface area (Å²) in [6.07, 6.45) is 3.34. The van der Waals surface area contributed by atoms with Gasteiger partial charge in [-0.1, -0.05) is 13.8 Å². The van der Waals surface area contributed by atoms with Crippen molar-refractivity contribution in [3.8, 4) is 0 Å². The second-order valence-electron chi connectivity index (χ2n) is 4.08. The molecule has 0 aromatic rings. The minimum atomic E-state index is -0.0354. The minimum absolute atomic E-state index is 0.0354. The zero-order valence-corrected chi connectivity index (χ0v) is 11.7. The van der Waals surface area contributed by atoms with Gasteiger partial charge in [-0.3, -0.25) is 0 Å². The molecule has 0 heterocycles. The SMILES string of the molecule is CCOC(CCN(C)C(CC)CC)OCC. The smallest absolute Gasteiger partial charge is 0.158 e. The third-order valence-corrected chi connectivity index (χ3v) is 2.99. The van der Waals surface area contributed by atoms with E-state index in [2.05, 4.69) is 25.8 Å². The Kier molecular flexibility index (Phi) is 9.99. The lowest BCUT2D eigenvalue weighted by molar-refractivity contribution is -0.142. The first-order chi connectivity index (χ1) is 7.69. The first-order valence-corrected chi connectivity index (χ1v) is 6.62. The Balaban J connectivity index is 3.88. The van der Waals surface area contributed by atoms with Crippen molar-refractivity contribution in [2.24, 2.45) is 0 Å². The van der Waals surface area contributed by atoms with Crippen LogP contribution < -0.4 is 0 Å². The van der Waals surface area contributed by atoms with Gasteiger partial charge in [0.2, 0.25) is 0 Å².